The molecule has 2 aromatic carbocycles. The molecule has 1 fully saturated rings. The molecule has 0 aromatic heterocycles. The number of alkyl halides is 2. The Bertz CT molecular complexity index is 492. The molecular formula is C16H15F2N. The molecule has 1 saturated heterocycles. The summed E-state index contributed by atoms with van der Waals surface area (Å²) in [6.45, 7) is -0.330. The van der Waals surface area contributed by atoms with E-state index < -0.39 is 5.92 Å². The van der Waals surface area contributed by atoms with E-state index in [0.29, 0.717) is 0 Å². The van der Waals surface area contributed by atoms with E-state index in [0.717, 1.165) is 11.1 Å². The van der Waals surface area contributed by atoms with Gasteiger partial charge in [0.2, 0.25) is 0 Å². The molecule has 0 unspecified atom stereocenters. The summed E-state index contributed by atoms with van der Waals surface area (Å²) in [5.41, 5.74) is 2.12. The van der Waals surface area contributed by atoms with E-state index in [1.807, 2.05) is 65.6 Å². The van der Waals surface area contributed by atoms with Crippen molar-refractivity contribution in [3.05, 3.63) is 71.8 Å². The molecule has 3 rings (SSSR count). The fraction of sp³-hybridized carbons (Fsp3) is 0.250. The van der Waals surface area contributed by atoms with Gasteiger partial charge in [-0.3, -0.25) is 4.90 Å². The highest BCUT2D eigenvalue weighted by atomic mass is 19.3. The van der Waals surface area contributed by atoms with E-state index in [2.05, 4.69) is 0 Å². The SMILES string of the molecule is FC1(F)CN(C(c2ccccc2)c2ccccc2)C1. The molecule has 98 valence electrons. The largest absolute Gasteiger partial charge is 0.280 e. The fourth-order valence-electron chi connectivity index (χ4n) is 2.62. The van der Waals surface area contributed by atoms with Gasteiger partial charge in [0, 0.05) is 0 Å². The molecule has 0 radical (unpaired) electrons. The van der Waals surface area contributed by atoms with Gasteiger partial charge in [0.25, 0.3) is 5.92 Å². The number of halogens is 2. The molecule has 1 aliphatic rings. The van der Waals surface area contributed by atoms with Crippen molar-refractivity contribution < 1.29 is 8.78 Å². The first-order chi connectivity index (χ1) is 9.16. The zero-order valence-corrected chi connectivity index (χ0v) is 10.5. The summed E-state index contributed by atoms with van der Waals surface area (Å²) in [5, 5.41) is 0. The summed E-state index contributed by atoms with van der Waals surface area (Å²) in [4.78, 5) is 1.82. The van der Waals surface area contributed by atoms with Gasteiger partial charge in [0.1, 0.15) is 0 Å². The molecule has 0 saturated carbocycles. The van der Waals surface area contributed by atoms with E-state index in [1.165, 1.54) is 0 Å². The molecular weight excluding hydrogens is 244 g/mol. The molecule has 1 heterocycles. The lowest BCUT2D eigenvalue weighted by Crippen LogP contribution is -2.57. The van der Waals surface area contributed by atoms with E-state index in [4.69, 9.17) is 0 Å². The lowest BCUT2D eigenvalue weighted by molar-refractivity contribution is -0.141. The highest BCUT2D eigenvalue weighted by Crippen LogP contribution is 2.38. The third-order valence-corrected chi connectivity index (χ3v) is 3.46. The lowest BCUT2D eigenvalue weighted by atomic mass is 9.93. The highest BCUT2D eigenvalue weighted by Gasteiger charge is 2.47. The highest BCUT2D eigenvalue weighted by molar-refractivity contribution is 5.32. The Balaban J connectivity index is 1.93. The molecule has 0 atom stereocenters. The third kappa shape index (κ3) is 2.51. The average Bonchev–Trinajstić information content (AvgIpc) is 2.39. The van der Waals surface area contributed by atoms with Crippen LogP contribution >= 0.6 is 0 Å². The molecule has 19 heavy (non-hydrogen) atoms. The van der Waals surface area contributed by atoms with Crippen LogP contribution in [0, 0.1) is 0 Å². The van der Waals surface area contributed by atoms with E-state index in [9.17, 15) is 8.78 Å². The van der Waals surface area contributed by atoms with Crippen LogP contribution in [-0.2, 0) is 0 Å². The van der Waals surface area contributed by atoms with Crippen LogP contribution in [0.2, 0.25) is 0 Å². The second kappa shape index (κ2) is 4.74. The Morgan fingerprint density at radius 3 is 1.58 bits per heavy atom. The molecule has 3 heteroatoms. The molecule has 1 nitrogen and oxygen atoms in total. The quantitative estimate of drug-likeness (QED) is 0.812. The van der Waals surface area contributed by atoms with Crippen LogP contribution in [-0.4, -0.2) is 23.9 Å². The fourth-order valence-corrected chi connectivity index (χ4v) is 2.62. The molecule has 2 aromatic rings. The van der Waals surface area contributed by atoms with E-state index in [1.54, 1.807) is 0 Å². The van der Waals surface area contributed by atoms with Gasteiger partial charge < -0.3 is 0 Å². The maximum Gasteiger partial charge on any atom is 0.273 e. The standard InChI is InChI=1S/C16H15F2N/c17-16(18)11-19(12-16)15(13-7-3-1-4-8-13)14-9-5-2-6-10-14/h1-10,15H,11-12H2. The van der Waals surface area contributed by atoms with Crippen LogP contribution in [0.1, 0.15) is 17.2 Å². The van der Waals surface area contributed by atoms with Gasteiger partial charge in [-0.25, -0.2) is 8.78 Å². The van der Waals surface area contributed by atoms with Crippen molar-refractivity contribution in [3.63, 3.8) is 0 Å². The normalized spacial score (nSPS) is 18.3. The van der Waals surface area contributed by atoms with Crippen molar-refractivity contribution in [3.8, 4) is 0 Å². The summed E-state index contributed by atoms with van der Waals surface area (Å²) in [5.74, 6) is -2.54. The number of rotatable bonds is 3. The molecule has 0 aliphatic carbocycles. The lowest BCUT2D eigenvalue weighted by Gasteiger charge is -2.44. The van der Waals surface area contributed by atoms with Gasteiger partial charge in [-0.1, -0.05) is 60.7 Å². The number of nitrogens with zero attached hydrogens (tertiary/aromatic N) is 1. The Labute approximate surface area is 111 Å². The second-order valence-electron chi connectivity index (χ2n) is 4.98. The summed E-state index contributed by atoms with van der Waals surface area (Å²) in [6.07, 6.45) is 0. The van der Waals surface area contributed by atoms with Gasteiger partial charge in [-0.15, -0.1) is 0 Å². The minimum atomic E-state index is -2.54. The van der Waals surface area contributed by atoms with Crippen molar-refractivity contribution in [2.75, 3.05) is 13.1 Å². The number of hydrogen-bond donors (Lipinski definition) is 0. The molecule has 1 aliphatic heterocycles. The third-order valence-electron chi connectivity index (χ3n) is 3.46. The van der Waals surface area contributed by atoms with Crippen molar-refractivity contribution in [2.24, 2.45) is 0 Å². The van der Waals surface area contributed by atoms with Crippen LogP contribution in [0.5, 0.6) is 0 Å². The monoisotopic (exact) mass is 259 g/mol. The van der Waals surface area contributed by atoms with Gasteiger partial charge in [-0.2, -0.15) is 0 Å². The predicted octanol–water partition coefficient (Wildman–Crippen LogP) is 3.73. The first-order valence-electron chi connectivity index (χ1n) is 6.37. The van der Waals surface area contributed by atoms with Gasteiger partial charge in [0.15, 0.2) is 0 Å². The van der Waals surface area contributed by atoms with Crippen molar-refractivity contribution in [1.82, 2.24) is 4.90 Å². The number of likely N-dealkylation sites (tertiary alicyclic amines) is 1. The minimum absolute atomic E-state index is 0.0815. The minimum Gasteiger partial charge on any atom is -0.280 e. The summed E-state index contributed by atoms with van der Waals surface area (Å²) >= 11 is 0. The van der Waals surface area contributed by atoms with Gasteiger partial charge in [0.05, 0.1) is 19.1 Å². The topological polar surface area (TPSA) is 3.24 Å². The predicted molar refractivity (Wildman–Crippen MR) is 71.2 cm³/mol. The number of hydrogen-bond acceptors (Lipinski definition) is 1. The Morgan fingerprint density at radius 2 is 1.21 bits per heavy atom. The van der Waals surface area contributed by atoms with E-state index in [-0.39, 0.29) is 19.1 Å². The zero-order chi connectivity index (χ0) is 13.3. The van der Waals surface area contributed by atoms with E-state index >= 15 is 0 Å². The van der Waals surface area contributed by atoms with Gasteiger partial charge >= 0.3 is 0 Å². The summed E-state index contributed by atoms with van der Waals surface area (Å²) in [6, 6.07) is 19.6. The molecule has 0 bridgehead atoms. The first-order valence-corrected chi connectivity index (χ1v) is 6.37. The van der Waals surface area contributed by atoms with Crippen LogP contribution in [0.25, 0.3) is 0 Å². The maximum absolute atomic E-state index is 13.1. The smallest absolute Gasteiger partial charge is 0.273 e. The maximum atomic E-state index is 13.1. The molecule has 0 N–H and O–H groups in total. The van der Waals surface area contributed by atoms with Crippen molar-refractivity contribution in [1.29, 1.82) is 0 Å². The summed E-state index contributed by atoms with van der Waals surface area (Å²) in [7, 11) is 0. The van der Waals surface area contributed by atoms with Crippen molar-refractivity contribution in [2.45, 2.75) is 12.0 Å². The Hall–Kier alpha value is -1.74. The zero-order valence-electron chi connectivity index (χ0n) is 10.5. The Kier molecular flexibility index (Phi) is 3.07. The molecule has 0 amide bonds. The Morgan fingerprint density at radius 1 is 0.789 bits per heavy atom. The van der Waals surface area contributed by atoms with Crippen LogP contribution in [0.3, 0.4) is 0 Å². The average molecular weight is 259 g/mol. The second-order valence-corrected chi connectivity index (χ2v) is 4.98. The number of benzene rings is 2. The molecule has 0 spiro atoms. The van der Waals surface area contributed by atoms with Gasteiger partial charge in [-0.05, 0) is 11.1 Å². The first kappa shape index (κ1) is 12.3. The van der Waals surface area contributed by atoms with Crippen LogP contribution in [0.15, 0.2) is 60.7 Å². The van der Waals surface area contributed by atoms with Crippen molar-refractivity contribution >= 4 is 0 Å². The van der Waals surface area contributed by atoms with Crippen LogP contribution < -0.4 is 0 Å². The van der Waals surface area contributed by atoms with Crippen LogP contribution in [0.4, 0.5) is 8.78 Å². The summed E-state index contributed by atoms with van der Waals surface area (Å²) < 4.78 is 26.3.